The summed E-state index contributed by atoms with van der Waals surface area (Å²) in [6.45, 7) is 40.1. The van der Waals surface area contributed by atoms with E-state index in [2.05, 4.69) is 59.0 Å². The van der Waals surface area contributed by atoms with Gasteiger partial charge in [0.05, 0.1) is 44.4 Å². The second-order valence-corrected chi connectivity index (χ2v) is 34.5. The van der Waals surface area contributed by atoms with Gasteiger partial charge in [-0.3, -0.25) is 0 Å². The Kier molecular flexibility index (Phi) is 44.1. The van der Waals surface area contributed by atoms with Crippen LogP contribution in [0.2, 0.25) is 0 Å². The van der Waals surface area contributed by atoms with Crippen LogP contribution in [0.1, 0.15) is 97.9 Å². The minimum Gasteiger partial charge on any atom is -0.744 e. The van der Waals surface area contributed by atoms with Crippen LogP contribution in [-0.4, -0.2) is 127 Å². The Morgan fingerprint density at radius 1 is 0.438 bits per heavy atom. The van der Waals surface area contributed by atoms with E-state index in [0.29, 0.717) is 31.5 Å². The highest BCUT2D eigenvalue weighted by atomic mass is 32.3. The molecule has 6 rings (SSSR count). The molecular weight excluding hydrogens is 1780 g/mol. The zero-order valence-electron chi connectivity index (χ0n) is 65.5. The second kappa shape index (κ2) is 48.0. The lowest BCUT2D eigenvalue weighted by atomic mass is 10.1. The van der Waals surface area contributed by atoms with Crippen molar-refractivity contribution in [2.24, 2.45) is 5.92 Å². The zero-order chi connectivity index (χ0) is 94.3. The standard InChI is InChI=1S/C16H12F4O4S.C13H20F2O4.C12H10F4O4S.C11H14O.2C8H7F3NO4S2.C7H12O/c1-8(2)9-3-5-10(6-4-9)24-7-11-12(17)14(19)16(25(21,22)23)15(20)13(11)18;1-8(2)6-10(19-11(16)9(3)4)12(17)18-7-13(5,14)15;1-5(2)6(3)20-4-7-8(13)10(15)12(21(17,18)19)11(16)9(7)14;1-4-12-11-7-5-10(6-8-11)9(2)3;2*9-8(10,11)6-17(13,14)12-18(15,16)7-4-2-1-3-5-7;1-5-8-7(4)6(2)3/h3-6H,1,7H2,2H3,(H,21,22,23);8,10H,3,6-7H2,1-2,4-5H3;1,3-4H2,2H3,(H,17,18,19);5-8H,2,4H2,1,3H3;2*1-5H,6H2;2,4-5H2,1,3H3/q;;;;2*-1;/p-2. The molecule has 0 saturated heterocycles. The molecule has 0 N–H and O–H groups in total. The molecule has 6 aromatic carbocycles. The van der Waals surface area contributed by atoms with Crippen molar-refractivity contribution in [3.63, 3.8) is 0 Å². The molecule has 1 unspecified atom stereocenters. The van der Waals surface area contributed by atoms with Crippen molar-refractivity contribution in [2.75, 3.05) is 31.3 Å². The second-order valence-electron chi connectivity index (χ2n) is 24.9. The summed E-state index contributed by atoms with van der Waals surface area (Å²) in [5, 5.41) is 0. The number of hydrogen-bond donors (Lipinski definition) is 0. The largest absolute Gasteiger partial charge is 0.744 e. The fraction of sp³-hybridized carbons (Fsp3) is 0.307. The van der Waals surface area contributed by atoms with Gasteiger partial charge in [-0.2, -0.15) is 26.3 Å². The van der Waals surface area contributed by atoms with Crippen molar-refractivity contribution in [1.82, 2.24) is 0 Å². The predicted molar refractivity (Wildman–Crippen MR) is 410 cm³/mol. The van der Waals surface area contributed by atoms with Crippen molar-refractivity contribution in [2.45, 2.75) is 133 Å². The number of carbonyl (C=O) groups is 2. The summed E-state index contributed by atoms with van der Waals surface area (Å²) in [6.07, 6.45) is -11.1. The van der Waals surface area contributed by atoms with E-state index < -0.39 is 205 Å². The van der Waals surface area contributed by atoms with Gasteiger partial charge in [-0.15, -0.1) is 0 Å². The molecule has 0 fully saturated rings. The number of carbonyl (C=O) groups excluding carboxylic acids is 2. The van der Waals surface area contributed by atoms with Crippen LogP contribution in [0.25, 0.3) is 19.4 Å². The van der Waals surface area contributed by atoms with Crippen LogP contribution in [-0.2, 0) is 102 Å². The van der Waals surface area contributed by atoms with E-state index in [0.717, 1.165) is 52.3 Å². The van der Waals surface area contributed by atoms with E-state index in [1.54, 1.807) is 19.1 Å². The number of hydrogen-bond acceptors (Lipinski definition) is 22. The highest BCUT2D eigenvalue weighted by Gasteiger charge is 2.36. The lowest BCUT2D eigenvalue weighted by Crippen LogP contribution is -2.33. The van der Waals surface area contributed by atoms with Gasteiger partial charge in [-0.25, -0.2) is 104 Å². The molecule has 24 nitrogen and oxygen atoms in total. The van der Waals surface area contributed by atoms with E-state index in [-0.39, 0.29) is 29.4 Å². The minimum atomic E-state index is -5.74. The molecule has 0 amide bonds. The fourth-order valence-electron chi connectivity index (χ4n) is 7.76. The van der Waals surface area contributed by atoms with Crippen LogP contribution < -0.4 is 9.47 Å². The predicted octanol–water partition coefficient (Wildman–Crippen LogP) is 17.7. The molecule has 46 heteroatoms. The number of allylic oxidation sites excluding steroid dienone is 4. The molecule has 0 radical (unpaired) electrons. The summed E-state index contributed by atoms with van der Waals surface area (Å²) < 4.78 is 393. The number of ether oxygens (including phenoxy) is 6. The molecule has 0 aromatic heterocycles. The Morgan fingerprint density at radius 2 is 0.760 bits per heavy atom. The number of alkyl halides is 8. The third kappa shape index (κ3) is 41.5. The van der Waals surface area contributed by atoms with Gasteiger partial charge in [-0.05, 0) is 132 Å². The van der Waals surface area contributed by atoms with Gasteiger partial charge in [0, 0.05) is 22.3 Å². The summed E-state index contributed by atoms with van der Waals surface area (Å²) in [4.78, 5) is 17.6. The quantitative estimate of drug-likeness (QED) is 0.00742. The minimum absolute atomic E-state index is 0.0395. The zero-order valence-corrected chi connectivity index (χ0v) is 70.4. The SMILES string of the molecule is C=C(C)C(=C)OCC.C=C(C)C(=C)OCc1c(F)c(F)c(S(=O)(=O)[O-])c(F)c1F.C=C(C)C(=O)OC(CC(C)C)C(=O)OCC(C)(F)F.C=C(C)c1ccc(OCC)cc1.C=C(C)c1ccc(OCc2c(F)c(F)c(S(=O)(=O)[O-])c(F)c2F)cc1.O=S(=O)(CC(F)(F)F)[N-]S(=O)(=O)c1ccccc1.O=S(=O)(CC(F)(F)F)[N-]S(=O)(=O)c1ccccc1. The topological polar surface area (TPSA) is 369 Å². The molecule has 0 saturated carbocycles. The average Bonchev–Trinajstić information content (AvgIpc) is 0.774. The molecular formula is C75H80F16N2O22S6-4. The van der Waals surface area contributed by atoms with E-state index in [1.165, 1.54) is 67.9 Å². The van der Waals surface area contributed by atoms with Crippen LogP contribution in [0.3, 0.4) is 0 Å². The smallest absolute Gasteiger partial charge is 0.401 e. The maximum Gasteiger partial charge on any atom is 0.401 e. The molecule has 6 aromatic rings. The molecule has 0 aliphatic rings. The van der Waals surface area contributed by atoms with Crippen LogP contribution in [0.5, 0.6) is 11.5 Å². The number of benzene rings is 6. The lowest BCUT2D eigenvalue weighted by molar-refractivity contribution is -0.173. The lowest BCUT2D eigenvalue weighted by Gasteiger charge is -2.21. The number of rotatable bonds is 31. The molecule has 0 aliphatic carbocycles. The molecule has 0 aliphatic heterocycles. The van der Waals surface area contributed by atoms with Crippen LogP contribution in [0.4, 0.5) is 70.2 Å². The summed E-state index contributed by atoms with van der Waals surface area (Å²) in [5.74, 6) is -25.0. The third-order valence-corrected chi connectivity index (χ3v) is 21.6. The Balaban J connectivity index is 0.00000141. The molecule has 674 valence electrons. The normalized spacial score (nSPS) is 11.9. The van der Waals surface area contributed by atoms with Crippen molar-refractivity contribution in [3.8, 4) is 11.5 Å². The van der Waals surface area contributed by atoms with E-state index >= 15 is 0 Å². The van der Waals surface area contributed by atoms with Crippen molar-refractivity contribution in [1.29, 1.82) is 0 Å². The van der Waals surface area contributed by atoms with Gasteiger partial charge in [-0.1, -0.05) is 132 Å². The third-order valence-electron chi connectivity index (χ3n) is 13.4. The first kappa shape index (κ1) is 111. The van der Waals surface area contributed by atoms with Gasteiger partial charge in [0.1, 0.15) is 97.8 Å². The average molecular weight is 1860 g/mol. The molecule has 0 bridgehead atoms. The number of esters is 2. The van der Waals surface area contributed by atoms with Gasteiger partial charge >= 0.3 is 24.3 Å². The van der Waals surface area contributed by atoms with Gasteiger partial charge < -0.3 is 45.8 Å². The van der Waals surface area contributed by atoms with Crippen LogP contribution in [0, 0.1) is 52.5 Å². The van der Waals surface area contributed by atoms with Gasteiger partial charge in [0.25, 0.3) is 5.92 Å². The van der Waals surface area contributed by atoms with Gasteiger partial charge in [0.2, 0.25) is 0 Å². The maximum absolute atomic E-state index is 13.8. The molecule has 0 heterocycles. The number of sulfonamides is 4. The first-order valence-electron chi connectivity index (χ1n) is 33.4. The Morgan fingerprint density at radius 3 is 1.02 bits per heavy atom. The van der Waals surface area contributed by atoms with Crippen molar-refractivity contribution >= 4 is 83.4 Å². The molecule has 0 spiro atoms. The summed E-state index contributed by atoms with van der Waals surface area (Å²) >= 11 is 0. The summed E-state index contributed by atoms with van der Waals surface area (Å²) in [5.41, 5.74) is 2.74. The first-order valence-corrected chi connectivity index (χ1v) is 42.3. The Labute approximate surface area is 689 Å². The van der Waals surface area contributed by atoms with E-state index in [1.807, 2.05) is 65.8 Å². The highest BCUT2D eigenvalue weighted by Crippen LogP contribution is 2.33. The van der Waals surface area contributed by atoms with E-state index in [4.69, 9.17) is 23.7 Å². The Hall–Kier alpha value is -9.94. The monoisotopic (exact) mass is 1860 g/mol. The number of halogens is 16. The van der Waals surface area contributed by atoms with Crippen molar-refractivity contribution in [3.05, 3.63) is 261 Å². The highest BCUT2D eigenvalue weighted by molar-refractivity contribution is 8.12. The van der Waals surface area contributed by atoms with Crippen LogP contribution >= 0.6 is 0 Å². The molecule has 121 heavy (non-hydrogen) atoms. The van der Waals surface area contributed by atoms with Gasteiger partial charge in [0.15, 0.2) is 59.2 Å². The van der Waals surface area contributed by atoms with Crippen molar-refractivity contribution < 1.29 is 168 Å². The molecule has 1 atom stereocenters. The maximum atomic E-state index is 13.8. The first-order chi connectivity index (χ1) is 55.0. The summed E-state index contributed by atoms with van der Waals surface area (Å²) in [7, 11) is -31.0. The summed E-state index contributed by atoms with van der Waals surface area (Å²) in [6, 6.07) is 26.3. The number of nitrogens with zero attached hydrogens (tertiary/aromatic N) is 2. The van der Waals surface area contributed by atoms with Crippen LogP contribution in [0.15, 0.2) is 203 Å². The van der Waals surface area contributed by atoms with E-state index in [9.17, 15) is 139 Å². The fourth-order valence-corrected chi connectivity index (χ4v) is 14.3. The Bertz CT molecular complexity index is 5200.